The van der Waals surface area contributed by atoms with Crippen LogP contribution in [0.25, 0.3) is 5.52 Å². The lowest BCUT2D eigenvalue weighted by Crippen LogP contribution is -2.05. The summed E-state index contributed by atoms with van der Waals surface area (Å²) in [5, 5.41) is 4.10. The van der Waals surface area contributed by atoms with Crippen molar-refractivity contribution in [3.8, 4) is 0 Å². The van der Waals surface area contributed by atoms with Crippen LogP contribution in [0.1, 0.15) is 17.4 Å². The fraction of sp³-hybridized carbons (Fsp3) is 0.200. The Kier molecular flexibility index (Phi) is 2.73. The zero-order chi connectivity index (χ0) is 10.8. The lowest BCUT2D eigenvalue weighted by Gasteiger charge is -1.95. The number of nitrogens with zero attached hydrogens (tertiary/aromatic N) is 2. The average molecular weight is 269 g/mol. The van der Waals surface area contributed by atoms with E-state index in [1.807, 2.05) is 12.1 Å². The summed E-state index contributed by atoms with van der Waals surface area (Å²) in [5.74, 6) is -0.391. The second kappa shape index (κ2) is 4.02. The van der Waals surface area contributed by atoms with Crippen LogP contribution in [0.15, 0.2) is 28.9 Å². The maximum Gasteiger partial charge on any atom is 0.358 e. The Hall–Kier alpha value is -1.36. The number of fused-ring (bicyclic) bond motifs is 1. The third-order valence-corrected chi connectivity index (χ3v) is 2.38. The smallest absolute Gasteiger partial charge is 0.358 e. The number of halogens is 1. The van der Waals surface area contributed by atoms with Gasteiger partial charge in [-0.2, -0.15) is 5.10 Å². The van der Waals surface area contributed by atoms with Gasteiger partial charge in [0, 0.05) is 10.7 Å². The van der Waals surface area contributed by atoms with E-state index in [0.29, 0.717) is 12.3 Å². The zero-order valence-corrected chi connectivity index (χ0v) is 9.69. The molecule has 78 valence electrons. The molecule has 0 amide bonds. The first-order valence-electron chi connectivity index (χ1n) is 4.53. The van der Waals surface area contributed by atoms with E-state index in [4.69, 9.17) is 4.74 Å². The first-order chi connectivity index (χ1) is 7.20. The molecular weight excluding hydrogens is 260 g/mol. The molecule has 0 aliphatic rings. The molecule has 15 heavy (non-hydrogen) atoms. The van der Waals surface area contributed by atoms with Crippen molar-refractivity contribution in [2.45, 2.75) is 6.92 Å². The number of hydrogen-bond donors (Lipinski definition) is 0. The maximum atomic E-state index is 11.4. The number of pyridine rings is 1. The van der Waals surface area contributed by atoms with Crippen molar-refractivity contribution >= 4 is 27.4 Å². The molecule has 0 aliphatic heterocycles. The number of carbonyl (C=O) groups excluding carboxylic acids is 1. The third kappa shape index (κ3) is 2.02. The SMILES string of the molecule is CCOC(=O)c1cc2ccc(Br)cn2n1. The van der Waals surface area contributed by atoms with Gasteiger partial charge in [0.05, 0.1) is 12.1 Å². The summed E-state index contributed by atoms with van der Waals surface area (Å²) < 4.78 is 7.41. The maximum absolute atomic E-state index is 11.4. The molecular formula is C10H9BrN2O2. The topological polar surface area (TPSA) is 43.6 Å². The summed E-state index contributed by atoms with van der Waals surface area (Å²) in [5.41, 5.74) is 1.19. The van der Waals surface area contributed by atoms with Crippen LogP contribution in [0.5, 0.6) is 0 Å². The first-order valence-corrected chi connectivity index (χ1v) is 5.32. The summed E-state index contributed by atoms with van der Waals surface area (Å²) in [4.78, 5) is 11.4. The minimum absolute atomic E-state index is 0.329. The van der Waals surface area contributed by atoms with Crippen LogP contribution in [-0.4, -0.2) is 22.2 Å². The van der Waals surface area contributed by atoms with Crippen molar-refractivity contribution in [2.75, 3.05) is 6.61 Å². The van der Waals surface area contributed by atoms with Crippen molar-refractivity contribution in [3.63, 3.8) is 0 Å². The van der Waals surface area contributed by atoms with E-state index < -0.39 is 5.97 Å². The largest absolute Gasteiger partial charge is 0.461 e. The number of carbonyl (C=O) groups is 1. The standard InChI is InChI=1S/C10H9BrN2O2/c1-2-15-10(14)9-5-8-4-3-7(11)6-13(8)12-9/h3-6H,2H2,1H3. The van der Waals surface area contributed by atoms with Crippen LogP contribution in [0.4, 0.5) is 0 Å². The molecule has 0 saturated heterocycles. The van der Waals surface area contributed by atoms with Gasteiger partial charge in [-0.15, -0.1) is 0 Å². The van der Waals surface area contributed by atoms with E-state index in [-0.39, 0.29) is 0 Å². The predicted molar refractivity (Wildman–Crippen MR) is 58.8 cm³/mol. The number of rotatable bonds is 2. The molecule has 0 aromatic carbocycles. The van der Waals surface area contributed by atoms with Crippen LogP contribution in [-0.2, 0) is 4.74 Å². The molecule has 2 aromatic rings. The van der Waals surface area contributed by atoms with Gasteiger partial charge in [0.2, 0.25) is 0 Å². The Labute approximate surface area is 95.0 Å². The molecule has 2 aromatic heterocycles. The Morgan fingerprint density at radius 1 is 1.60 bits per heavy atom. The van der Waals surface area contributed by atoms with E-state index in [0.717, 1.165) is 9.99 Å². The highest BCUT2D eigenvalue weighted by Gasteiger charge is 2.11. The molecule has 0 N–H and O–H groups in total. The molecule has 0 radical (unpaired) electrons. The number of aromatic nitrogens is 2. The number of hydrogen-bond acceptors (Lipinski definition) is 3. The van der Waals surface area contributed by atoms with E-state index in [1.54, 1.807) is 23.7 Å². The molecule has 0 saturated carbocycles. The fourth-order valence-corrected chi connectivity index (χ4v) is 1.59. The van der Waals surface area contributed by atoms with Gasteiger partial charge in [-0.25, -0.2) is 9.31 Å². The minimum atomic E-state index is -0.391. The molecule has 0 aliphatic carbocycles. The zero-order valence-electron chi connectivity index (χ0n) is 8.11. The van der Waals surface area contributed by atoms with E-state index >= 15 is 0 Å². The van der Waals surface area contributed by atoms with Crippen LogP contribution < -0.4 is 0 Å². The van der Waals surface area contributed by atoms with Crippen molar-refractivity contribution in [1.29, 1.82) is 0 Å². The highest BCUT2D eigenvalue weighted by atomic mass is 79.9. The van der Waals surface area contributed by atoms with Crippen molar-refractivity contribution in [3.05, 3.63) is 34.6 Å². The molecule has 5 heteroatoms. The minimum Gasteiger partial charge on any atom is -0.461 e. The van der Waals surface area contributed by atoms with Crippen LogP contribution in [0.2, 0.25) is 0 Å². The summed E-state index contributed by atoms with van der Waals surface area (Å²) in [7, 11) is 0. The Morgan fingerprint density at radius 3 is 3.13 bits per heavy atom. The van der Waals surface area contributed by atoms with Crippen LogP contribution >= 0.6 is 15.9 Å². The summed E-state index contributed by atoms with van der Waals surface area (Å²) in [6, 6.07) is 5.47. The monoisotopic (exact) mass is 268 g/mol. The molecule has 0 unspecified atom stereocenters. The normalized spacial score (nSPS) is 10.5. The third-order valence-electron chi connectivity index (χ3n) is 1.91. The molecule has 0 fully saturated rings. The summed E-state index contributed by atoms with van der Waals surface area (Å²) in [6.45, 7) is 2.13. The number of esters is 1. The van der Waals surface area contributed by atoms with Crippen molar-refractivity contribution < 1.29 is 9.53 Å². The molecule has 2 heterocycles. The van der Waals surface area contributed by atoms with Gasteiger partial charge in [0.15, 0.2) is 5.69 Å². The van der Waals surface area contributed by atoms with Crippen LogP contribution in [0, 0.1) is 0 Å². The van der Waals surface area contributed by atoms with E-state index in [9.17, 15) is 4.79 Å². The lowest BCUT2D eigenvalue weighted by molar-refractivity contribution is 0.0519. The van der Waals surface area contributed by atoms with Gasteiger partial charge >= 0.3 is 5.97 Å². The second-order valence-electron chi connectivity index (χ2n) is 2.97. The molecule has 0 spiro atoms. The summed E-state index contributed by atoms with van der Waals surface area (Å²) in [6.07, 6.45) is 1.79. The van der Waals surface area contributed by atoms with Crippen LogP contribution in [0.3, 0.4) is 0 Å². The summed E-state index contributed by atoms with van der Waals surface area (Å²) >= 11 is 3.33. The second-order valence-corrected chi connectivity index (χ2v) is 3.88. The van der Waals surface area contributed by atoms with E-state index in [2.05, 4.69) is 21.0 Å². The van der Waals surface area contributed by atoms with Gasteiger partial charge in [-0.05, 0) is 41.1 Å². The van der Waals surface area contributed by atoms with Gasteiger partial charge in [-0.3, -0.25) is 0 Å². The van der Waals surface area contributed by atoms with E-state index in [1.165, 1.54) is 0 Å². The quantitative estimate of drug-likeness (QED) is 0.785. The Bertz CT molecular complexity index is 507. The van der Waals surface area contributed by atoms with Gasteiger partial charge in [-0.1, -0.05) is 0 Å². The molecule has 0 bridgehead atoms. The predicted octanol–water partition coefficient (Wildman–Crippen LogP) is 2.27. The Balaban J connectivity index is 2.42. The highest BCUT2D eigenvalue weighted by Crippen LogP contribution is 2.13. The molecule has 0 atom stereocenters. The molecule has 2 rings (SSSR count). The van der Waals surface area contributed by atoms with Crippen molar-refractivity contribution in [1.82, 2.24) is 9.61 Å². The first kappa shape index (κ1) is 10.2. The van der Waals surface area contributed by atoms with Gasteiger partial charge < -0.3 is 4.74 Å². The molecule has 4 nitrogen and oxygen atoms in total. The Morgan fingerprint density at radius 2 is 2.40 bits per heavy atom. The fourth-order valence-electron chi connectivity index (χ4n) is 1.27. The highest BCUT2D eigenvalue weighted by molar-refractivity contribution is 9.10. The lowest BCUT2D eigenvalue weighted by atomic mass is 10.3. The van der Waals surface area contributed by atoms with Crippen molar-refractivity contribution in [2.24, 2.45) is 0 Å². The van der Waals surface area contributed by atoms with Gasteiger partial charge in [0.1, 0.15) is 0 Å². The van der Waals surface area contributed by atoms with Gasteiger partial charge in [0.25, 0.3) is 0 Å². The number of ether oxygens (including phenoxy) is 1. The average Bonchev–Trinajstić information content (AvgIpc) is 2.60.